The number of nitrogens with zero attached hydrogens (tertiary/aromatic N) is 4. The second kappa shape index (κ2) is 9.79. The number of thiazole rings is 1. The van der Waals surface area contributed by atoms with Crippen molar-refractivity contribution in [3.63, 3.8) is 0 Å². The first kappa shape index (κ1) is 22.3. The monoisotopic (exact) mass is 486 g/mol. The average Bonchev–Trinajstić information content (AvgIpc) is 3.48. The summed E-state index contributed by atoms with van der Waals surface area (Å²) >= 11 is 7.73. The molecule has 1 aliphatic rings. The first-order valence-corrected chi connectivity index (χ1v) is 12.1. The van der Waals surface area contributed by atoms with Gasteiger partial charge in [-0.25, -0.2) is 9.99 Å². The van der Waals surface area contributed by atoms with Gasteiger partial charge in [0, 0.05) is 23.8 Å². The summed E-state index contributed by atoms with van der Waals surface area (Å²) in [6.07, 6.45) is 8.64. The van der Waals surface area contributed by atoms with Crippen LogP contribution in [-0.2, 0) is 0 Å². The van der Waals surface area contributed by atoms with Crippen LogP contribution >= 0.6 is 22.9 Å². The Morgan fingerprint density at radius 2 is 1.94 bits per heavy atom. The highest BCUT2D eigenvalue weighted by Gasteiger charge is 2.32. The molecule has 4 aromatic rings. The van der Waals surface area contributed by atoms with E-state index in [0.29, 0.717) is 5.02 Å². The normalized spacial score (nSPS) is 15.7. The molecule has 0 radical (unpaired) electrons. The van der Waals surface area contributed by atoms with E-state index >= 15 is 0 Å². The molecule has 0 bridgehead atoms. The largest absolute Gasteiger partial charge is 0.497 e. The number of aromatic nitrogens is 2. The second-order valence-corrected chi connectivity index (χ2v) is 9.41. The molecule has 0 aliphatic carbocycles. The van der Waals surface area contributed by atoms with E-state index in [-0.39, 0.29) is 6.04 Å². The lowest BCUT2D eigenvalue weighted by Crippen LogP contribution is -2.18. The Hall–Kier alpha value is -3.48. The van der Waals surface area contributed by atoms with Crippen molar-refractivity contribution in [1.29, 1.82) is 0 Å². The van der Waals surface area contributed by atoms with Gasteiger partial charge < -0.3 is 4.74 Å². The van der Waals surface area contributed by atoms with Gasteiger partial charge in [-0.2, -0.15) is 5.10 Å². The average molecular weight is 487 g/mol. The third-order valence-electron chi connectivity index (χ3n) is 5.70. The van der Waals surface area contributed by atoms with E-state index in [1.807, 2.05) is 66.7 Å². The number of methoxy groups -OCH3 is 1. The van der Waals surface area contributed by atoms with Crippen molar-refractivity contribution in [2.75, 3.05) is 12.1 Å². The summed E-state index contributed by atoms with van der Waals surface area (Å²) in [6.45, 7) is 2.03. The van der Waals surface area contributed by atoms with Crippen LogP contribution < -0.4 is 9.75 Å². The zero-order chi connectivity index (χ0) is 23.5. The number of aryl methyl sites for hydroxylation is 1. The zero-order valence-corrected chi connectivity index (χ0v) is 20.4. The Morgan fingerprint density at radius 1 is 1.09 bits per heavy atom. The molecule has 2 aromatic heterocycles. The Kier molecular flexibility index (Phi) is 6.43. The van der Waals surface area contributed by atoms with Gasteiger partial charge in [-0.1, -0.05) is 59.3 Å². The van der Waals surface area contributed by atoms with Crippen molar-refractivity contribution >= 4 is 45.9 Å². The van der Waals surface area contributed by atoms with E-state index in [1.165, 1.54) is 0 Å². The summed E-state index contributed by atoms with van der Waals surface area (Å²) < 4.78 is 5.33. The molecule has 1 atom stereocenters. The number of anilines is 1. The van der Waals surface area contributed by atoms with Crippen LogP contribution in [0, 0.1) is 6.92 Å². The van der Waals surface area contributed by atoms with Gasteiger partial charge in [-0.15, -0.1) is 0 Å². The molecule has 0 N–H and O–H groups in total. The van der Waals surface area contributed by atoms with Crippen LogP contribution in [0.15, 0.2) is 78.2 Å². The number of pyridine rings is 1. The highest BCUT2D eigenvalue weighted by Crippen LogP contribution is 2.39. The fourth-order valence-electron chi connectivity index (χ4n) is 3.90. The summed E-state index contributed by atoms with van der Waals surface area (Å²) in [4.78, 5) is 10.3. The molecule has 170 valence electrons. The van der Waals surface area contributed by atoms with E-state index in [4.69, 9.17) is 26.4 Å². The van der Waals surface area contributed by atoms with E-state index in [2.05, 4.69) is 29.3 Å². The number of rotatable bonds is 6. The summed E-state index contributed by atoms with van der Waals surface area (Å²) in [5.41, 5.74) is 5.22. The van der Waals surface area contributed by atoms with Crippen molar-refractivity contribution in [3.8, 4) is 5.75 Å². The van der Waals surface area contributed by atoms with Gasteiger partial charge in [0.25, 0.3) is 0 Å². The highest BCUT2D eigenvalue weighted by atomic mass is 35.5. The minimum Gasteiger partial charge on any atom is -0.497 e. The molecule has 0 fully saturated rings. The smallest absolute Gasteiger partial charge is 0.207 e. The van der Waals surface area contributed by atoms with Crippen molar-refractivity contribution in [2.45, 2.75) is 19.4 Å². The standard InChI is InChI=1S/C27H23ClN4OS/c1-18-26(13-8-19-5-3-7-23(15-19)33-2)34-27(30-18)32-25(21-6-4-14-29-17-21)16-24(31-32)20-9-11-22(28)12-10-20/h3-15,17,25H,16H2,1-2H3/b13-8+. The third-order valence-corrected chi connectivity index (χ3v) is 7.06. The first-order valence-electron chi connectivity index (χ1n) is 10.9. The number of halogens is 1. The van der Waals surface area contributed by atoms with Gasteiger partial charge in [-0.05, 0) is 60.0 Å². The Balaban J connectivity index is 1.48. The van der Waals surface area contributed by atoms with Crippen LogP contribution in [0.1, 0.15) is 39.7 Å². The molecular weight excluding hydrogens is 464 g/mol. The SMILES string of the molecule is COc1cccc(/C=C/c2sc(N3N=C(c4ccc(Cl)cc4)CC3c3cccnc3)nc2C)c1. The lowest BCUT2D eigenvalue weighted by atomic mass is 10.00. The van der Waals surface area contributed by atoms with Crippen LogP contribution in [0.2, 0.25) is 5.02 Å². The lowest BCUT2D eigenvalue weighted by molar-refractivity contribution is 0.414. The third kappa shape index (κ3) is 4.74. The molecule has 1 aliphatic heterocycles. The van der Waals surface area contributed by atoms with Crippen LogP contribution in [0.4, 0.5) is 5.13 Å². The predicted octanol–water partition coefficient (Wildman–Crippen LogP) is 7.03. The molecule has 0 saturated heterocycles. The lowest BCUT2D eigenvalue weighted by Gasteiger charge is -2.20. The van der Waals surface area contributed by atoms with Crippen molar-refractivity contribution in [2.24, 2.45) is 5.10 Å². The van der Waals surface area contributed by atoms with Crippen molar-refractivity contribution < 1.29 is 4.74 Å². The molecule has 0 saturated carbocycles. The maximum absolute atomic E-state index is 6.10. The summed E-state index contributed by atoms with van der Waals surface area (Å²) in [5, 5.41) is 8.60. The number of ether oxygens (including phenoxy) is 1. The number of hydrogen-bond acceptors (Lipinski definition) is 6. The fourth-order valence-corrected chi connectivity index (χ4v) is 5.00. The van der Waals surface area contributed by atoms with Crippen molar-refractivity contribution in [1.82, 2.24) is 9.97 Å². The van der Waals surface area contributed by atoms with E-state index < -0.39 is 0 Å². The minimum absolute atomic E-state index is 0.0279. The summed E-state index contributed by atoms with van der Waals surface area (Å²) in [6, 6.07) is 19.9. The highest BCUT2D eigenvalue weighted by molar-refractivity contribution is 7.16. The van der Waals surface area contributed by atoms with Gasteiger partial charge in [0.05, 0.1) is 29.4 Å². The summed E-state index contributed by atoms with van der Waals surface area (Å²) in [7, 11) is 1.68. The fraction of sp³-hybridized carbons (Fsp3) is 0.148. The topological polar surface area (TPSA) is 50.6 Å². The molecule has 7 heteroatoms. The summed E-state index contributed by atoms with van der Waals surface area (Å²) in [5.74, 6) is 0.837. The molecular formula is C27H23ClN4OS. The quantitative estimate of drug-likeness (QED) is 0.293. The first-order chi connectivity index (χ1) is 16.6. The molecule has 5 rings (SSSR count). The molecule has 0 spiro atoms. The van der Waals surface area contributed by atoms with E-state index in [1.54, 1.807) is 24.6 Å². The maximum Gasteiger partial charge on any atom is 0.207 e. The number of benzene rings is 2. The van der Waals surface area contributed by atoms with Gasteiger partial charge in [0.15, 0.2) is 0 Å². The van der Waals surface area contributed by atoms with E-state index in [9.17, 15) is 0 Å². The molecule has 34 heavy (non-hydrogen) atoms. The Labute approximate surface area is 208 Å². The molecule has 0 amide bonds. The predicted molar refractivity (Wildman–Crippen MR) is 141 cm³/mol. The second-order valence-electron chi connectivity index (χ2n) is 7.96. The van der Waals surface area contributed by atoms with Crippen LogP contribution in [0.3, 0.4) is 0 Å². The van der Waals surface area contributed by atoms with E-state index in [0.717, 1.165) is 50.3 Å². The Bertz CT molecular complexity index is 1350. The van der Waals surface area contributed by atoms with Gasteiger partial charge in [0.2, 0.25) is 5.13 Å². The molecule has 3 heterocycles. The molecule has 5 nitrogen and oxygen atoms in total. The van der Waals surface area contributed by atoms with Crippen molar-refractivity contribution in [3.05, 3.63) is 105 Å². The van der Waals surface area contributed by atoms with Crippen LogP contribution in [0.5, 0.6) is 5.75 Å². The van der Waals surface area contributed by atoms with Crippen LogP contribution in [-0.4, -0.2) is 22.8 Å². The Morgan fingerprint density at radius 3 is 2.71 bits per heavy atom. The number of hydrogen-bond donors (Lipinski definition) is 0. The zero-order valence-electron chi connectivity index (χ0n) is 18.9. The van der Waals surface area contributed by atoms with Crippen LogP contribution in [0.25, 0.3) is 12.2 Å². The van der Waals surface area contributed by atoms with Gasteiger partial charge in [-0.3, -0.25) is 4.98 Å². The molecule has 1 unspecified atom stereocenters. The molecule has 2 aromatic carbocycles. The van der Waals surface area contributed by atoms with Gasteiger partial charge in [0.1, 0.15) is 5.75 Å². The minimum atomic E-state index is 0.0279. The van der Waals surface area contributed by atoms with Gasteiger partial charge >= 0.3 is 0 Å². The number of hydrazone groups is 1. The maximum atomic E-state index is 6.10.